The second kappa shape index (κ2) is 36.7. The van der Waals surface area contributed by atoms with E-state index < -0.39 is 232 Å². The van der Waals surface area contributed by atoms with E-state index in [1.165, 1.54) is 69.4 Å². The number of phenols is 3. The summed E-state index contributed by atoms with van der Waals surface area (Å²) >= 11 is 14.5. The molecule has 0 unspecified atom stereocenters. The van der Waals surface area contributed by atoms with Gasteiger partial charge in [-0.1, -0.05) is 55.2 Å². The summed E-state index contributed by atoms with van der Waals surface area (Å²) in [5.41, 5.74) is 2.69. The number of carbonyl (C=O) groups excluding carboxylic acids is 9. The fraction of sp³-hybridized carbons (Fsp3) is 0.471. The number of imide groups is 1. The minimum atomic E-state index is -2.43. The average molecular weight is 1750 g/mol. The molecule has 11 aliphatic rings. The van der Waals surface area contributed by atoms with Crippen LogP contribution in [0.15, 0.2) is 103 Å². The normalized spacial score (nSPS) is 30.6. The molecule has 6 fully saturated rings. The molecule has 7 heterocycles. The number of likely N-dealkylation sites (N-methyl/N-ethyl adjacent to an activating group) is 1. The van der Waals surface area contributed by atoms with Crippen molar-refractivity contribution in [3.05, 3.63) is 147 Å². The minimum absolute atomic E-state index is 0.0506. The molecule has 38 heteroatoms. The van der Waals surface area contributed by atoms with Crippen LogP contribution in [0.3, 0.4) is 0 Å². The first-order valence-corrected chi connectivity index (χ1v) is 41.2. The predicted octanol–water partition coefficient (Wildman–Crippen LogP) is 2.80. The van der Waals surface area contributed by atoms with Crippen molar-refractivity contribution in [3.63, 3.8) is 0 Å². The van der Waals surface area contributed by atoms with Gasteiger partial charge in [0.1, 0.15) is 108 Å². The number of ether oxygens (including phenoxy) is 7. The van der Waals surface area contributed by atoms with Crippen LogP contribution in [0, 0.1) is 29.6 Å². The Morgan fingerprint density at radius 2 is 1.28 bits per heavy atom. The number of hydrogen-bond acceptors (Lipinski definition) is 28. The van der Waals surface area contributed by atoms with Gasteiger partial charge in [0.25, 0.3) is 5.91 Å². The second-order valence-corrected chi connectivity index (χ2v) is 34.2. The number of phenolic OH excluding ortho intramolecular Hbond substituents is 3. The number of halogens is 2. The summed E-state index contributed by atoms with van der Waals surface area (Å²) in [4.78, 5) is 139. The molecule has 7 aliphatic heterocycles. The molecule has 0 aromatic heterocycles. The Balaban J connectivity index is 0.966. The first-order valence-electron chi connectivity index (χ1n) is 40.5. The van der Waals surface area contributed by atoms with Crippen molar-refractivity contribution in [2.75, 3.05) is 26.9 Å². The van der Waals surface area contributed by atoms with E-state index >= 15 is 28.8 Å². The molecule has 15 bridgehead atoms. The van der Waals surface area contributed by atoms with Gasteiger partial charge in [-0.05, 0) is 196 Å². The van der Waals surface area contributed by atoms with Crippen molar-refractivity contribution >= 4 is 76.4 Å². The summed E-state index contributed by atoms with van der Waals surface area (Å²) in [7, 11) is 1.47. The van der Waals surface area contributed by atoms with Crippen molar-refractivity contribution < 1.29 is 127 Å². The zero-order valence-corrected chi connectivity index (χ0v) is 68.7. The average Bonchev–Trinajstić information content (AvgIpc) is 0.760. The number of hydrogen-bond donors (Lipinski definition) is 20. The van der Waals surface area contributed by atoms with Crippen molar-refractivity contribution in [1.29, 1.82) is 0 Å². The Kier molecular flexibility index (Phi) is 26.5. The van der Waals surface area contributed by atoms with Crippen LogP contribution in [0.4, 0.5) is 0 Å². The van der Waals surface area contributed by atoms with Gasteiger partial charge in [0.2, 0.25) is 59.3 Å². The molecule has 0 radical (unpaired) electrons. The summed E-state index contributed by atoms with van der Waals surface area (Å²) < 4.78 is 44.4. The van der Waals surface area contributed by atoms with Crippen LogP contribution in [-0.2, 0) is 52.6 Å². The van der Waals surface area contributed by atoms with Crippen LogP contribution in [0.25, 0.3) is 11.1 Å². The second-order valence-electron chi connectivity index (χ2n) is 33.3. The van der Waals surface area contributed by atoms with Crippen LogP contribution in [0.5, 0.6) is 51.7 Å². The van der Waals surface area contributed by atoms with Crippen molar-refractivity contribution in [2.45, 2.75) is 194 Å². The molecule has 21 N–H and O–H groups in total. The fourth-order valence-corrected chi connectivity index (χ4v) is 18.5. The molecule has 4 saturated carbocycles. The van der Waals surface area contributed by atoms with Crippen LogP contribution >= 0.6 is 23.2 Å². The van der Waals surface area contributed by atoms with E-state index in [-0.39, 0.29) is 99.3 Å². The van der Waals surface area contributed by atoms with Gasteiger partial charge in [-0.3, -0.25) is 48.5 Å². The third kappa shape index (κ3) is 18.9. The van der Waals surface area contributed by atoms with Crippen LogP contribution < -0.4 is 72.5 Å². The zero-order valence-electron chi connectivity index (χ0n) is 67.2. The predicted molar refractivity (Wildman–Crippen MR) is 433 cm³/mol. The van der Waals surface area contributed by atoms with Crippen LogP contribution in [-0.4, -0.2) is 216 Å². The first kappa shape index (κ1) is 88.8. The third-order valence-electron chi connectivity index (χ3n) is 24.0. The zero-order chi connectivity index (χ0) is 88.1. The van der Waals surface area contributed by atoms with Crippen molar-refractivity contribution in [1.82, 2.24) is 47.9 Å². The summed E-state index contributed by atoms with van der Waals surface area (Å²) in [6.45, 7) is 5.19. The topological polar surface area (TPSA) is 555 Å². The Bertz CT molecular complexity index is 5040. The third-order valence-corrected chi connectivity index (χ3v) is 24.6. The number of benzene rings is 6. The smallest absolute Gasteiger partial charge is 0.257 e. The summed E-state index contributed by atoms with van der Waals surface area (Å²) in [5, 5.41) is 139. The highest BCUT2D eigenvalue weighted by atomic mass is 35.5. The van der Waals surface area contributed by atoms with E-state index in [4.69, 9.17) is 62.1 Å². The molecule has 658 valence electrons. The Labute approximate surface area is 714 Å². The molecule has 6 aromatic rings. The number of aromatic hydroxyl groups is 3. The number of aliphatic hydroxyl groups is 7. The standard InChI is InChI=1S/C85H98Cl2N10O26/c1-34(2)18-51(89-5)77(110)96-67-69(104)40-9-14-55(49(86)25-40)119-57-27-44-28-58(73(57)123-84-74(72(107)71(106)59(33-99)121-84)122-61-32-85(4,88)75(108)35(3)118-61)120-56-15-10-41(26-50(56)87)70(105)68-83(116)95-66(81(114)92-63-42-20-36-19-37(22-42)23-43(63)21-36)48-29-45(100)30-54(102)62(48)47-24-39(8-13-53(47)101)64(79(112)97-68)94-80(113)65(44)93-78(111)52(90-82(67)115)31-60(103)91-76(109)38-6-11-46(12-7-38)117-17-16-98/h6-15,24-30,34-37,42-43,51-52,59,61,63-72,74-75,84,89,98-102,104-108H,16-23,31-33,88H2,1-5H3,(H,90,115)(H,92,114)(H,93,111)(H,94,113)(H,95,116)(H,96,110)(H,97,112)(H,91,103,109)/t35-,36?,37?,42?,43?,51+,52-,59+,61-,63?,64+,65+,66-,67+,68-,69+,70+,71+,72-,74+,75+,84-,85-/m0/s1. The Hall–Kier alpha value is -10.6. The van der Waals surface area contributed by atoms with E-state index in [0.717, 1.165) is 86.7 Å². The monoisotopic (exact) mass is 1740 g/mol. The van der Waals surface area contributed by atoms with E-state index in [9.17, 15) is 65.4 Å². The van der Waals surface area contributed by atoms with E-state index in [1.807, 2.05) is 13.8 Å². The molecular formula is C85H98Cl2N10O26. The van der Waals surface area contributed by atoms with Gasteiger partial charge in [-0.15, -0.1) is 0 Å². The summed E-state index contributed by atoms with van der Waals surface area (Å²) in [5.74, 6) is -14.7. The highest BCUT2D eigenvalue weighted by Crippen LogP contribution is 2.55. The molecule has 36 nitrogen and oxygen atoms in total. The molecule has 2 saturated heterocycles. The maximum atomic E-state index is 16.6. The number of nitrogens with two attached hydrogens (primary N) is 1. The highest BCUT2D eigenvalue weighted by molar-refractivity contribution is 6.32. The van der Waals surface area contributed by atoms with Gasteiger partial charge in [0.15, 0.2) is 23.9 Å². The summed E-state index contributed by atoms with van der Waals surface area (Å²) in [6, 6.07) is 4.89. The van der Waals surface area contributed by atoms with Gasteiger partial charge in [-0.25, -0.2) is 0 Å². The van der Waals surface area contributed by atoms with Crippen LogP contribution in [0.1, 0.15) is 148 Å². The number of rotatable bonds is 18. The molecule has 9 amide bonds. The first-order chi connectivity index (χ1) is 58.5. The lowest BCUT2D eigenvalue weighted by Crippen LogP contribution is -2.64. The molecule has 18 atom stereocenters. The maximum Gasteiger partial charge on any atom is 0.257 e. The lowest BCUT2D eigenvalue weighted by molar-refractivity contribution is -0.333. The van der Waals surface area contributed by atoms with E-state index in [2.05, 4.69) is 47.9 Å². The quantitative estimate of drug-likeness (QED) is 0.0588. The van der Waals surface area contributed by atoms with Crippen molar-refractivity contribution in [2.24, 2.45) is 35.3 Å². The number of carbonyl (C=O) groups is 9. The molecule has 17 rings (SSSR count). The lowest BCUT2D eigenvalue weighted by atomic mass is 9.54. The van der Waals surface area contributed by atoms with Gasteiger partial charge in [-0.2, -0.15) is 0 Å². The van der Waals surface area contributed by atoms with Gasteiger partial charge < -0.3 is 132 Å². The van der Waals surface area contributed by atoms with Crippen molar-refractivity contribution in [3.8, 4) is 62.9 Å². The molecular weight excluding hydrogens is 1650 g/mol. The highest BCUT2D eigenvalue weighted by Gasteiger charge is 2.53. The van der Waals surface area contributed by atoms with Crippen LogP contribution in [0.2, 0.25) is 10.0 Å². The Morgan fingerprint density at radius 1 is 0.659 bits per heavy atom. The molecule has 0 spiro atoms. The molecule has 123 heavy (non-hydrogen) atoms. The largest absolute Gasteiger partial charge is 0.508 e. The number of amides is 9. The maximum absolute atomic E-state index is 16.6. The number of aliphatic hydroxyl groups excluding tert-OH is 7. The van der Waals surface area contributed by atoms with Gasteiger partial charge in [0, 0.05) is 40.8 Å². The number of fused-ring (bicyclic) bond motifs is 15. The lowest BCUT2D eigenvalue weighted by Gasteiger charge is -2.54. The SMILES string of the molecule is CN[C@H](CC(C)C)C(=O)N[C@H]1C(=O)N[C@@H](CC(=O)NC(=O)c2ccc(OCCO)cc2)C(=O)N[C@H]2C(=O)N[C@H]3C(=O)N[C@H](C(=O)N[C@H](C(=O)NC4C5CC6CC(C5)CC4C6)c4cc(O)cc(O)c4-c4cc3ccc4O)[C@H](O)c3ccc(c(Cl)c3)Oc3cc2cc(c3O[C@@H]2O[C@H](CO)[C@@H](O)[C@H](O)[C@H]2O[C@H]2C[C@](C)(N)[C@H](O)[C@H](C)O2)Oc2ccc(cc2Cl)[C@H]1O. The van der Waals surface area contributed by atoms with E-state index in [1.54, 1.807) is 0 Å². The van der Waals surface area contributed by atoms with Gasteiger partial charge >= 0.3 is 0 Å². The fourth-order valence-electron chi connectivity index (χ4n) is 18.0. The van der Waals surface area contributed by atoms with Gasteiger partial charge in [0.05, 0.1) is 47.9 Å². The minimum Gasteiger partial charge on any atom is -0.508 e. The number of nitrogens with one attached hydrogen (secondary N) is 9. The molecule has 6 aromatic carbocycles. The molecule has 4 aliphatic carbocycles. The summed E-state index contributed by atoms with van der Waals surface area (Å²) in [6.07, 6.45) is -14.7. The van der Waals surface area contributed by atoms with E-state index in [0.29, 0.717) is 11.8 Å². The Morgan fingerprint density at radius 3 is 1.89 bits per heavy atom.